The number of rotatable bonds is 5. The molecule has 0 atom stereocenters. The number of benzene rings is 2. The lowest BCUT2D eigenvalue weighted by Crippen LogP contribution is -2.41. The number of hydrogen-bond donors (Lipinski definition) is 3. The van der Waals surface area contributed by atoms with E-state index in [9.17, 15) is 18.0 Å². The van der Waals surface area contributed by atoms with Crippen LogP contribution in [0.15, 0.2) is 65.8 Å². The van der Waals surface area contributed by atoms with Gasteiger partial charge >= 0.3 is 0 Å². The minimum absolute atomic E-state index is 0.0878. The third kappa shape index (κ3) is 5.52. The van der Waals surface area contributed by atoms with Gasteiger partial charge in [0.15, 0.2) is 0 Å². The van der Waals surface area contributed by atoms with Crippen LogP contribution < -0.4 is 15.6 Å². The molecule has 2 amide bonds. The molecule has 1 aromatic heterocycles. The fraction of sp³-hybridized carbons (Fsp3) is 0.0500. The van der Waals surface area contributed by atoms with Gasteiger partial charge in [-0.1, -0.05) is 35.3 Å². The second-order valence-corrected chi connectivity index (χ2v) is 8.85. The molecule has 11 heteroatoms. The van der Waals surface area contributed by atoms with Gasteiger partial charge in [0, 0.05) is 23.6 Å². The number of aromatic nitrogens is 1. The zero-order valence-electron chi connectivity index (χ0n) is 16.0. The van der Waals surface area contributed by atoms with E-state index in [-0.39, 0.29) is 26.1 Å². The van der Waals surface area contributed by atoms with Crippen LogP contribution in [0.4, 0.5) is 5.69 Å². The van der Waals surface area contributed by atoms with E-state index < -0.39 is 21.8 Å². The number of hydrazine groups is 1. The molecule has 0 aliphatic carbocycles. The van der Waals surface area contributed by atoms with Crippen LogP contribution in [-0.2, 0) is 10.0 Å². The zero-order valence-corrected chi connectivity index (χ0v) is 18.3. The standard InChI is InChI=1S/C20H16Cl2N4O4S/c1-12-3-2-4-14(9-12)26-31(29,30)18-10-15(16(21)11-17(18)22)20(28)25-24-19(27)13-5-7-23-8-6-13/h2-11,26H,1H3,(H,24,27)(H,25,28). The van der Waals surface area contributed by atoms with E-state index in [0.717, 1.165) is 17.7 Å². The summed E-state index contributed by atoms with van der Waals surface area (Å²) in [6.07, 6.45) is 2.84. The lowest BCUT2D eigenvalue weighted by atomic mass is 10.2. The van der Waals surface area contributed by atoms with Gasteiger partial charge in [0.2, 0.25) is 0 Å². The summed E-state index contributed by atoms with van der Waals surface area (Å²) in [6.45, 7) is 1.82. The van der Waals surface area contributed by atoms with Crippen molar-refractivity contribution < 1.29 is 18.0 Å². The van der Waals surface area contributed by atoms with Crippen molar-refractivity contribution in [2.24, 2.45) is 0 Å². The number of sulfonamides is 1. The Balaban J connectivity index is 1.83. The maximum absolute atomic E-state index is 12.8. The van der Waals surface area contributed by atoms with Crippen LogP contribution >= 0.6 is 23.2 Å². The number of hydrogen-bond acceptors (Lipinski definition) is 5. The first-order valence-electron chi connectivity index (χ1n) is 8.76. The number of anilines is 1. The Morgan fingerprint density at radius 2 is 1.58 bits per heavy atom. The molecule has 31 heavy (non-hydrogen) atoms. The minimum Gasteiger partial charge on any atom is -0.280 e. The largest absolute Gasteiger partial charge is 0.280 e. The lowest BCUT2D eigenvalue weighted by molar-refractivity contribution is 0.0846. The summed E-state index contributed by atoms with van der Waals surface area (Å²) in [5, 5.41) is -0.252. The summed E-state index contributed by atoms with van der Waals surface area (Å²) in [7, 11) is -4.12. The fourth-order valence-corrected chi connectivity index (χ4v) is 4.49. The van der Waals surface area contributed by atoms with Crippen molar-refractivity contribution in [3.63, 3.8) is 0 Å². The Kier molecular flexibility index (Phi) is 6.79. The third-order valence-electron chi connectivity index (χ3n) is 4.06. The van der Waals surface area contributed by atoms with Gasteiger partial charge in [0.05, 0.1) is 15.6 Å². The van der Waals surface area contributed by atoms with Gasteiger partial charge in [0.1, 0.15) is 4.90 Å². The van der Waals surface area contributed by atoms with E-state index in [2.05, 4.69) is 20.6 Å². The van der Waals surface area contributed by atoms with Crippen molar-refractivity contribution >= 4 is 50.7 Å². The average Bonchev–Trinajstić information content (AvgIpc) is 2.72. The van der Waals surface area contributed by atoms with Crippen molar-refractivity contribution in [1.29, 1.82) is 0 Å². The maximum atomic E-state index is 12.8. The molecule has 0 spiro atoms. The summed E-state index contributed by atoms with van der Waals surface area (Å²) in [5.41, 5.74) is 5.68. The van der Waals surface area contributed by atoms with Gasteiger partial charge in [0.25, 0.3) is 21.8 Å². The third-order valence-corrected chi connectivity index (χ3v) is 6.22. The number of nitrogens with zero attached hydrogens (tertiary/aromatic N) is 1. The number of pyridine rings is 1. The second-order valence-electron chi connectivity index (χ2n) is 6.38. The number of nitrogens with one attached hydrogen (secondary N) is 3. The molecule has 1 heterocycles. The highest BCUT2D eigenvalue weighted by molar-refractivity contribution is 7.92. The number of carbonyl (C=O) groups excluding carboxylic acids is 2. The lowest BCUT2D eigenvalue weighted by Gasteiger charge is -2.13. The topological polar surface area (TPSA) is 117 Å². The summed E-state index contributed by atoms with van der Waals surface area (Å²) >= 11 is 12.2. The first-order valence-corrected chi connectivity index (χ1v) is 11.0. The second kappa shape index (κ2) is 9.34. The average molecular weight is 479 g/mol. The molecular formula is C20H16Cl2N4O4S. The Morgan fingerprint density at radius 1 is 0.903 bits per heavy atom. The molecule has 0 aliphatic heterocycles. The van der Waals surface area contributed by atoms with E-state index in [1.54, 1.807) is 18.2 Å². The molecule has 0 fully saturated rings. The molecule has 0 bridgehead atoms. The Labute approximate surface area is 188 Å². The predicted octanol–water partition coefficient (Wildman–Crippen LogP) is 3.57. The highest BCUT2D eigenvalue weighted by Gasteiger charge is 2.23. The van der Waals surface area contributed by atoms with Crippen LogP contribution in [0.25, 0.3) is 0 Å². The van der Waals surface area contributed by atoms with Gasteiger partial charge in [-0.15, -0.1) is 0 Å². The molecule has 0 saturated carbocycles. The van der Waals surface area contributed by atoms with Crippen molar-refractivity contribution in [3.05, 3.63) is 87.7 Å². The molecule has 0 saturated heterocycles. The highest BCUT2D eigenvalue weighted by atomic mass is 35.5. The molecule has 3 aromatic rings. The fourth-order valence-electron chi connectivity index (χ4n) is 2.58. The number of halogens is 2. The van der Waals surface area contributed by atoms with Gasteiger partial charge in [-0.05, 0) is 48.9 Å². The van der Waals surface area contributed by atoms with Crippen molar-refractivity contribution in [2.45, 2.75) is 11.8 Å². The molecule has 3 rings (SSSR count). The van der Waals surface area contributed by atoms with Gasteiger partial charge in [-0.25, -0.2) is 8.42 Å². The predicted molar refractivity (Wildman–Crippen MR) is 118 cm³/mol. The van der Waals surface area contributed by atoms with Gasteiger partial charge < -0.3 is 0 Å². The summed E-state index contributed by atoms with van der Waals surface area (Å²) in [5.74, 6) is -1.41. The van der Waals surface area contributed by atoms with Crippen LogP contribution in [0.3, 0.4) is 0 Å². The molecule has 3 N–H and O–H groups in total. The van der Waals surface area contributed by atoms with Crippen molar-refractivity contribution in [3.8, 4) is 0 Å². The molecule has 8 nitrogen and oxygen atoms in total. The number of aryl methyl sites for hydroxylation is 1. The van der Waals surface area contributed by atoms with E-state index in [1.165, 1.54) is 24.5 Å². The SMILES string of the molecule is Cc1cccc(NS(=O)(=O)c2cc(C(=O)NNC(=O)c3ccncc3)c(Cl)cc2Cl)c1. The number of amides is 2. The summed E-state index contributed by atoms with van der Waals surface area (Å²) < 4.78 is 28.1. The highest BCUT2D eigenvalue weighted by Crippen LogP contribution is 2.30. The van der Waals surface area contributed by atoms with Crippen LogP contribution in [0.2, 0.25) is 10.0 Å². The smallest absolute Gasteiger partial charge is 0.271 e. The molecule has 160 valence electrons. The minimum atomic E-state index is -4.12. The van der Waals surface area contributed by atoms with Crippen LogP contribution in [0.1, 0.15) is 26.3 Å². The van der Waals surface area contributed by atoms with Crippen LogP contribution in [0, 0.1) is 6.92 Å². The van der Waals surface area contributed by atoms with E-state index in [0.29, 0.717) is 5.69 Å². The maximum Gasteiger partial charge on any atom is 0.271 e. The summed E-state index contributed by atoms with van der Waals surface area (Å²) in [6, 6.07) is 11.8. The van der Waals surface area contributed by atoms with Gasteiger partial charge in [-0.2, -0.15) is 0 Å². The Bertz CT molecular complexity index is 1250. The molecule has 0 aliphatic rings. The quantitative estimate of drug-likeness (QED) is 0.484. The Morgan fingerprint density at radius 3 is 2.26 bits per heavy atom. The molecule has 2 aromatic carbocycles. The molecular weight excluding hydrogens is 463 g/mol. The zero-order chi connectivity index (χ0) is 22.6. The van der Waals surface area contributed by atoms with E-state index in [4.69, 9.17) is 23.2 Å². The molecule has 0 radical (unpaired) electrons. The van der Waals surface area contributed by atoms with Crippen LogP contribution in [0.5, 0.6) is 0 Å². The van der Waals surface area contributed by atoms with Crippen LogP contribution in [-0.4, -0.2) is 25.2 Å². The molecule has 0 unspecified atom stereocenters. The first-order chi connectivity index (χ1) is 14.7. The first kappa shape index (κ1) is 22.5. The van der Waals surface area contributed by atoms with E-state index >= 15 is 0 Å². The van der Waals surface area contributed by atoms with Crippen molar-refractivity contribution in [2.75, 3.05) is 4.72 Å². The monoisotopic (exact) mass is 478 g/mol. The van der Waals surface area contributed by atoms with Crippen molar-refractivity contribution in [1.82, 2.24) is 15.8 Å². The number of carbonyl (C=O) groups is 2. The normalized spacial score (nSPS) is 10.9. The van der Waals surface area contributed by atoms with Gasteiger partial charge in [-0.3, -0.25) is 30.1 Å². The summed E-state index contributed by atoms with van der Waals surface area (Å²) in [4.78, 5) is 28.0. The van der Waals surface area contributed by atoms with E-state index in [1.807, 2.05) is 13.0 Å². The Hall–Kier alpha value is -3.14.